The van der Waals surface area contributed by atoms with E-state index in [1.54, 1.807) is 4.90 Å². The zero-order valence-electron chi connectivity index (χ0n) is 11.1. The van der Waals surface area contributed by atoms with Gasteiger partial charge in [-0.1, -0.05) is 18.2 Å². The maximum atomic E-state index is 11.9. The number of hydrogen-bond acceptors (Lipinski definition) is 2. The smallest absolute Gasteiger partial charge is 0.254 e. The Hall–Kier alpha value is -2.62. The summed E-state index contributed by atoms with van der Waals surface area (Å²) < 4.78 is 0. The van der Waals surface area contributed by atoms with E-state index in [0.717, 1.165) is 33.2 Å². The summed E-state index contributed by atoms with van der Waals surface area (Å²) >= 11 is 0. The Labute approximate surface area is 116 Å². The Morgan fingerprint density at radius 1 is 1.20 bits per heavy atom. The molecule has 20 heavy (non-hydrogen) atoms. The standard InChI is InChI=1S/C16H13N3O/c1-19-9-11-7-10(5-6-13(11)16(19)20)12-3-2-4-15-14(12)8-17-18-15/h2-8H,9H2,1H3,(H,17,18). The highest BCUT2D eigenvalue weighted by Crippen LogP contribution is 2.31. The highest BCUT2D eigenvalue weighted by molar-refractivity contribution is 6.00. The number of fused-ring (bicyclic) bond motifs is 2. The molecule has 0 bridgehead atoms. The summed E-state index contributed by atoms with van der Waals surface area (Å²) in [5.41, 5.74) is 5.20. The van der Waals surface area contributed by atoms with Gasteiger partial charge in [0, 0.05) is 24.5 Å². The van der Waals surface area contributed by atoms with Crippen molar-refractivity contribution in [1.29, 1.82) is 0 Å². The number of carbonyl (C=O) groups excluding carboxylic acids is 1. The molecule has 2 aromatic carbocycles. The van der Waals surface area contributed by atoms with Crippen LogP contribution in [0.15, 0.2) is 42.6 Å². The Kier molecular flexibility index (Phi) is 2.21. The van der Waals surface area contributed by atoms with E-state index in [9.17, 15) is 4.79 Å². The molecule has 1 amide bonds. The van der Waals surface area contributed by atoms with Gasteiger partial charge in [-0.25, -0.2) is 0 Å². The van der Waals surface area contributed by atoms with E-state index in [1.165, 1.54) is 0 Å². The number of nitrogens with one attached hydrogen (secondary N) is 1. The quantitative estimate of drug-likeness (QED) is 0.734. The lowest BCUT2D eigenvalue weighted by Crippen LogP contribution is -2.17. The number of H-pyrrole nitrogens is 1. The fourth-order valence-corrected chi connectivity index (χ4v) is 2.85. The second-order valence-electron chi connectivity index (χ2n) is 5.17. The predicted molar refractivity (Wildman–Crippen MR) is 77.3 cm³/mol. The molecule has 1 N–H and O–H groups in total. The van der Waals surface area contributed by atoms with E-state index in [1.807, 2.05) is 37.5 Å². The van der Waals surface area contributed by atoms with E-state index >= 15 is 0 Å². The maximum Gasteiger partial charge on any atom is 0.254 e. The topological polar surface area (TPSA) is 49.0 Å². The molecule has 1 aromatic heterocycles. The number of aromatic nitrogens is 2. The summed E-state index contributed by atoms with van der Waals surface area (Å²) in [6.07, 6.45) is 1.84. The van der Waals surface area contributed by atoms with Crippen molar-refractivity contribution in [2.45, 2.75) is 6.54 Å². The normalized spacial score (nSPS) is 14.1. The molecule has 0 unspecified atom stereocenters. The summed E-state index contributed by atoms with van der Waals surface area (Å²) in [4.78, 5) is 13.7. The minimum Gasteiger partial charge on any atom is -0.337 e. The Balaban J connectivity index is 1.90. The van der Waals surface area contributed by atoms with Crippen LogP contribution in [0.1, 0.15) is 15.9 Å². The highest BCUT2D eigenvalue weighted by atomic mass is 16.2. The van der Waals surface area contributed by atoms with Gasteiger partial charge >= 0.3 is 0 Å². The number of carbonyl (C=O) groups is 1. The summed E-state index contributed by atoms with van der Waals surface area (Å²) in [6, 6.07) is 12.2. The minimum absolute atomic E-state index is 0.105. The number of benzene rings is 2. The average molecular weight is 263 g/mol. The van der Waals surface area contributed by atoms with Crippen molar-refractivity contribution < 1.29 is 4.79 Å². The lowest BCUT2D eigenvalue weighted by atomic mass is 9.98. The van der Waals surface area contributed by atoms with E-state index in [-0.39, 0.29) is 5.91 Å². The summed E-state index contributed by atoms with van der Waals surface area (Å²) in [7, 11) is 1.83. The third-order valence-electron chi connectivity index (χ3n) is 3.89. The molecule has 0 spiro atoms. The molecule has 4 heteroatoms. The molecular weight excluding hydrogens is 250 g/mol. The molecule has 0 saturated carbocycles. The van der Waals surface area contributed by atoms with Crippen LogP contribution >= 0.6 is 0 Å². The SMILES string of the molecule is CN1Cc2cc(-c3cccc4[nH]ncc34)ccc2C1=O. The molecule has 1 aliphatic rings. The van der Waals surface area contributed by atoms with Crippen LogP contribution in [0.2, 0.25) is 0 Å². The molecule has 98 valence electrons. The molecule has 3 aromatic rings. The predicted octanol–water partition coefficient (Wildman–Crippen LogP) is 2.82. The lowest BCUT2D eigenvalue weighted by Gasteiger charge is -2.05. The van der Waals surface area contributed by atoms with Gasteiger partial charge < -0.3 is 4.90 Å². The van der Waals surface area contributed by atoms with Gasteiger partial charge in [-0.15, -0.1) is 0 Å². The molecule has 0 atom stereocenters. The first kappa shape index (κ1) is 11.2. The van der Waals surface area contributed by atoms with Crippen molar-refractivity contribution in [3.05, 3.63) is 53.7 Å². The molecule has 2 heterocycles. The Morgan fingerprint density at radius 2 is 2.10 bits per heavy atom. The van der Waals surface area contributed by atoms with Gasteiger partial charge in [0.2, 0.25) is 0 Å². The van der Waals surface area contributed by atoms with Gasteiger partial charge in [-0.2, -0.15) is 5.10 Å². The molecular formula is C16H13N3O. The third kappa shape index (κ3) is 1.48. The largest absolute Gasteiger partial charge is 0.337 e. The van der Waals surface area contributed by atoms with Gasteiger partial charge in [0.05, 0.1) is 11.7 Å². The fraction of sp³-hybridized carbons (Fsp3) is 0.125. The summed E-state index contributed by atoms with van der Waals surface area (Å²) in [5.74, 6) is 0.105. The number of hydrogen-bond donors (Lipinski definition) is 1. The Bertz CT molecular complexity index is 835. The van der Waals surface area contributed by atoms with E-state index in [0.29, 0.717) is 6.54 Å². The Morgan fingerprint density at radius 3 is 3.00 bits per heavy atom. The minimum atomic E-state index is 0.105. The van der Waals surface area contributed by atoms with Crippen molar-refractivity contribution in [3.63, 3.8) is 0 Å². The van der Waals surface area contributed by atoms with Gasteiger partial charge in [-0.3, -0.25) is 9.89 Å². The van der Waals surface area contributed by atoms with Crippen LogP contribution in [-0.2, 0) is 6.54 Å². The van der Waals surface area contributed by atoms with Crippen LogP contribution in [0.25, 0.3) is 22.0 Å². The van der Waals surface area contributed by atoms with Crippen molar-refractivity contribution >= 4 is 16.8 Å². The molecule has 0 radical (unpaired) electrons. The van der Waals surface area contributed by atoms with E-state index < -0.39 is 0 Å². The average Bonchev–Trinajstić information content (AvgIpc) is 3.04. The number of aromatic amines is 1. The second kappa shape index (κ2) is 3.93. The van der Waals surface area contributed by atoms with Crippen LogP contribution in [0.3, 0.4) is 0 Å². The van der Waals surface area contributed by atoms with Crippen LogP contribution in [0, 0.1) is 0 Å². The summed E-state index contributed by atoms with van der Waals surface area (Å²) in [5, 5.41) is 8.18. The van der Waals surface area contributed by atoms with Crippen LogP contribution in [0.4, 0.5) is 0 Å². The van der Waals surface area contributed by atoms with E-state index in [2.05, 4.69) is 22.3 Å². The van der Waals surface area contributed by atoms with E-state index in [4.69, 9.17) is 0 Å². The molecule has 4 rings (SSSR count). The molecule has 4 nitrogen and oxygen atoms in total. The first-order valence-corrected chi connectivity index (χ1v) is 6.55. The molecule has 1 aliphatic heterocycles. The van der Waals surface area contributed by atoms with Crippen LogP contribution in [-0.4, -0.2) is 28.1 Å². The number of rotatable bonds is 1. The van der Waals surface area contributed by atoms with Crippen LogP contribution < -0.4 is 0 Å². The second-order valence-corrected chi connectivity index (χ2v) is 5.17. The van der Waals surface area contributed by atoms with Crippen molar-refractivity contribution in [2.24, 2.45) is 0 Å². The maximum absolute atomic E-state index is 11.9. The fourth-order valence-electron chi connectivity index (χ4n) is 2.85. The van der Waals surface area contributed by atoms with Gasteiger partial charge in [0.25, 0.3) is 5.91 Å². The van der Waals surface area contributed by atoms with Gasteiger partial charge in [-0.05, 0) is 34.9 Å². The lowest BCUT2D eigenvalue weighted by molar-refractivity contribution is 0.0816. The van der Waals surface area contributed by atoms with Crippen LogP contribution in [0.5, 0.6) is 0 Å². The van der Waals surface area contributed by atoms with Gasteiger partial charge in [0.15, 0.2) is 0 Å². The third-order valence-corrected chi connectivity index (χ3v) is 3.89. The summed E-state index contributed by atoms with van der Waals surface area (Å²) in [6.45, 7) is 0.684. The van der Waals surface area contributed by atoms with Crippen molar-refractivity contribution in [1.82, 2.24) is 15.1 Å². The van der Waals surface area contributed by atoms with Crippen molar-refractivity contribution in [3.8, 4) is 11.1 Å². The molecule has 0 saturated heterocycles. The first-order valence-electron chi connectivity index (χ1n) is 6.55. The zero-order valence-corrected chi connectivity index (χ0v) is 11.1. The monoisotopic (exact) mass is 263 g/mol. The zero-order chi connectivity index (χ0) is 13.7. The number of nitrogens with zero attached hydrogens (tertiary/aromatic N) is 2. The molecule has 0 aliphatic carbocycles. The van der Waals surface area contributed by atoms with Crippen molar-refractivity contribution in [2.75, 3.05) is 7.05 Å². The molecule has 0 fully saturated rings. The number of amides is 1. The first-order chi connectivity index (χ1) is 9.74. The van der Waals surface area contributed by atoms with Gasteiger partial charge in [0.1, 0.15) is 0 Å². The highest BCUT2D eigenvalue weighted by Gasteiger charge is 2.24.